The van der Waals surface area contributed by atoms with Crippen molar-refractivity contribution in [3.05, 3.63) is 17.8 Å². The summed E-state index contributed by atoms with van der Waals surface area (Å²) in [6.07, 6.45) is -3.10. The van der Waals surface area contributed by atoms with E-state index in [1.807, 2.05) is 0 Å². The number of rotatable bonds is 6. The van der Waals surface area contributed by atoms with Gasteiger partial charge in [-0.2, -0.15) is 0 Å². The van der Waals surface area contributed by atoms with Crippen LogP contribution in [-0.4, -0.2) is 74.4 Å². The lowest BCUT2D eigenvalue weighted by molar-refractivity contribution is -0.194. The van der Waals surface area contributed by atoms with Crippen LogP contribution in [0.1, 0.15) is 40.3 Å². The number of halogens is 1. The van der Waals surface area contributed by atoms with Gasteiger partial charge in [-0.05, 0) is 0 Å². The minimum atomic E-state index is -1.27. The number of carbonyl (C=O) groups excluding carboxylic acids is 4. The molecular weight excluding hydrogens is 476 g/mol. The number of imidazole rings is 1. The summed E-state index contributed by atoms with van der Waals surface area (Å²) in [5.74, 6) is -2.70. The lowest BCUT2D eigenvalue weighted by atomic mass is 10.0. The molecule has 1 aliphatic rings. The molecular formula is C20H23ClN4O9. The van der Waals surface area contributed by atoms with E-state index in [1.54, 1.807) is 0 Å². The maximum Gasteiger partial charge on any atom is 0.303 e. The zero-order chi connectivity index (χ0) is 25.0. The largest absolute Gasteiger partial charge is 0.463 e. The molecule has 0 aliphatic carbocycles. The fourth-order valence-corrected chi connectivity index (χ4v) is 3.81. The topological polar surface area (TPSA) is 158 Å². The summed E-state index contributed by atoms with van der Waals surface area (Å²) >= 11 is 6.10. The van der Waals surface area contributed by atoms with Gasteiger partial charge in [-0.1, -0.05) is 11.6 Å². The van der Waals surface area contributed by atoms with E-state index in [9.17, 15) is 19.2 Å². The second-order valence-corrected chi connectivity index (χ2v) is 7.81. The summed E-state index contributed by atoms with van der Waals surface area (Å²) < 4.78 is 29.1. The Morgan fingerprint density at radius 1 is 0.971 bits per heavy atom. The van der Waals surface area contributed by atoms with Crippen LogP contribution < -0.4 is 0 Å². The van der Waals surface area contributed by atoms with Gasteiger partial charge >= 0.3 is 23.9 Å². The summed E-state index contributed by atoms with van der Waals surface area (Å²) in [5, 5.41) is 0.112. The van der Waals surface area contributed by atoms with Gasteiger partial charge in [0.15, 0.2) is 23.0 Å². The molecule has 2 aromatic rings. The fourth-order valence-electron chi connectivity index (χ4n) is 3.64. The van der Waals surface area contributed by atoms with Gasteiger partial charge in [0.2, 0.25) is 0 Å². The van der Waals surface area contributed by atoms with Crippen LogP contribution in [0.3, 0.4) is 0 Å². The Morgan fingerprint density at radius 2 is 1.62 bits per heavy atom. The predicted octanol–water partition coefficient (Wildman–Crippen LogP) is 1.13. The molecule has 1 saturated heterocycles. The molecule has 5 atom stereocenters. The van der Waals surface area contributed by atoms with Crippen molar-refractivity contribution in [1.29, 1.82) is 0 Å². The molecule has 1 fully saturated rings. The molecule has 184 valence electrons. The van der Waals surface area contributed by atoms with Crippen molar-refractivity contribution in [2.24, 2.45) is 0 Å². The van der Waals surface area contributed by atoms with Gasteiger partial charge < -0.3 is 23.7 Å². The number of hydrogen-bond donors (Lipinski definition) is 0. The first-order valence-electron chi connectivity index (χ1n) is 10.2. The smallest absolute Gasteiger partial charge is 0.303 e. The monoisotopic (exact) mass is 498 g/mol. The molecule has 0 radical (unpaired) electrons. The number of ether oxygens (including phenoxy) is 5. The van der Waals surface area contributed by atoms with Crippen molar-refractivity contribution in [2.45, 2.75) is 64.8 Å². The summed E-state index contributed by atoms with van der Waals surface area (Å²) in [7, 11) is 0. The van der Waals surface area contributed by atoms with E-state index >= 15 is 0 Å². The van der Waals surface area contributed by atoms with Crippen LogP contribution in [0.2, 0.25) is 5.15 Å². The highest BCUT2D eigenvalue weighted by atomic mass is 35.5. The van der Waals surface area contributed by atoms with E-state index in [0.29, 0.717) is 11.2 Å². The van der Waals surface area contributed by atoms with E-state index in [2.05, 4.69) is 15.0 Å². The fraction of sp³-hybridized carbons (Fsp3) is 0.550. The summed E-state index contributed by atoms with van der Waals surface area (Å²) in [6, 6.07) is 0. The number of aromatic nitrogens is 4. The highest BCUT2D eigenvalue weighted by molar-refractivity contribution is 6.33. The molecule has 0 bridgehead atoms. The maximum absolute atomic E-state index is 11.9. The number of carbonyl (C=O) groups is 4. The summed E-state index contributed by atoms with van der Waals surface area (Å²) in [6.45, 7) is 4.34. The van der Waals surface area contributed by atoms with Crippen LogP contribution in [-0.2, 0) is 42.9 Å². The number of fused-ring (bicyclic) bond motifs is 1. The van der Waals surface area contributed by atoms with Crippen molar-refractivity contribution in [3.63, 3.8) is 0 Å². The third-order valence-electron chi connectivity index (χ3n) is 4.82. The van der Waals surface area contributed by atoms with Gasteiger partial charge in [0.25, 0.3) is 0 Å². The molecule has 0 saturated carbocycles. The van der Waals surface area contributed by atoms with Crippen LogP contribution in [0.25, 0.3) is 11.2 Å². The van der Waals surface area contributed by atoms with E-state index in [-0.39, 0.29) is 18.2 Å². The summed E-state index contributed by atoms with van der Waals surface area (Å²) in [4.78, 5) is 59.5. The molecule has 2 aromatic heterocycles. The molecule has 0 unspecified atom stereocenters. The zero-order valence-corrected chi connectivity index (χ0v) is 19.6. The normalized spacial score (nSPS) is 24.7. The minimum absolute atomic E-state index is 0.0566. The Hall–Kier alpha value is -3.32. The maximum atomic E-state index is 11.9. The van der Waals surface area contributed by atoms with Gasteiger partial charge in [0.05, 0.1) is 6.33 Å². The molecule has 13 nitrogen and oxygen atoms in total. The quantitative estimate of drug-likeness (QED) is 0.318. The Kier molecular flexibility index (Phi) is 7.99. The number of hydrogen-bond acceptors (Lipinski definition) is 12. The van der Waals surface area contributed by atoms with Gasteiger partial charge in [0.1, 0.15) is 36.9 Å². The van der Waals surface area contributed by atoms with Crippen LogP contribution >= 0.6 is 11.6 Å². The zero-order valence-electron chi connectivity index (χ0n) is 18.8. The molecule has 0 N–H and O–H groups in total. The van der Waals surface area contributed by atoms with Gasteiger partial charge in [-0.3, -0.25) is 23.7 Å². The summed E-state index contributed by atoms with van der Waals surface area (Å²) in [5.41, 5.74) is 0.610. The number of esters is 4. The lowest BCUT2D eigenvalue weighted by Crippen LogP contribution is -2.50. The Labute approximate surface area is 198 Å². The Morgan fingerprint density at radius 3 is 2.24 bits per heavy atom. The number of nitrogens with zero attached hydrogens (tertiary/aromatic N) is 4. The average molecular weight is 499 g/mol. The van der Waals surface area contributed by atoms with E-state index in [0.717, 1.165) is 13.8 Å². The lowest BCUT2D eigenvalue weighted by Gasteiger charge is -2.32. The third-order valence-corrected chi connectivity index (χ3v) is 5.10. The van der Waals surface area contributed by atoms with Gasteiger partial charge in [-0.15, -0.1) is 0 Å². The van der Waals surface area contributed by atoms with E-state index in [1.165, 1.54) is 31.1 Å². The standard InChI is InChI=1S/C20H23ClN4O9/c1-9(26)30-6-14-18(33-12(4)29)17(32-11(3)28)13(31-10(2)27)5-15(34-14)25-8-24-16-19(21)22-7-23-20(16)25/h7-8,13-15,17-18H,5-6H2,1-4H3/t13-,14+,15+,17-,18+/m0/s1. The highest BCUT2D eigenvalue weighted by Crippen LogP contribution is 2.34. The predicted molar refractivity (Wildman–Crippen MR) is 112 cm³/mol. The second-order valence-electron chi connectivity index (χ2n) is 7.45. The first-order chi connectivity index (χ1) is 16.1. The Bertz CT molecular complexity index is 1090. The van der Waals surface area contributed by atoms with Gasteiger partial charge in [-0.25, -0.2) is 15.0 Å². The molecule has 0 aromatic carbocycles. The van der Waals surface area contributed by atoms with Crippen molar-refractivity contribution in [3.8, 4) is 0 Å². The molecule has 3 rings (SSSR count). The van der Waals surface area contributed by atoms with Crippen molar-refractivity contribution in [2.75, 3.05) is 6.61 Å². The first kappa shape index (κ1) is 25.3. The van der Waals surface area contributed by atoms with Gasteiger partial charge in [0, 0.05) is 34.1 Å². The molecule has 1 aliphatic heterocycles. The van der Waals surface area contributed by atoms with Crippen LogP contribution in [0.15, 0.2) is 12.7 Å². The third kappa shape index (κ3) is 5.97. The molecule has 34 heavy (non-hydrogen) atoms. The van der Waals surface area contributed by atoms with Crippen molar-refractivity contribution < 1.29 is 42.9 Å². The molecule has 0 spiro atoms. The highest BCUT2D eigenvalue weighted by Gasteiger charge is 2.48. The SMILES string of the molecule is CC(=O)OC[C@H]1O[C@@H](n2cnc3c(Cl)ncnc32)C[C@H](OC(C)=O)[C@H](OC(C)=O)[C@@H]1OC(C)=O. The van der Waals surface area contributed by atoms with Crippen molar-refractivity contribution in [1.82, 2.24) is 19.5 Å². The molecule has 0 amide bonds. The first-order valence-corrected chi connectivity index (χ1v) is 10.6. The second kappa shape index (κ2) is 10.7. The molecule has 14 heteroatoms. The van der Waals surface area contributed by atoms with Crippen molar-refractivity contribution >= 4 is 46.6 Å². The van der Waals surface area contributed by atoms with E-state index < -0.39 is 54.5 Å². The minimum Gasteiger partial charge on any atom is -0.463 e. The van der Waals surface area contributed by atoms with Crippen LogP contribution in [0, 0.1) is 0 Å². The van der Waals surface area contributed by atoms with E-state index in [4.69, 9.17) is 35.3 Å². The molecule has 3 heterocycles. The van der Waals surface area contributed by atoms with Crippen LogP contribution in [0.4, 0.5) is 0 Å². The Balaban J connectivity index is 2.11. The average Bonchev–Trinajstić information content (AvgIpc) is 3.12. The van der Waals surface area contributed by atoms with Crippen LogP contribution in [0.5, 0.6) is 0 Å².